The second kappa shape index (κ2) is 24.8. The van der Waals surface area contributed by atoms with Crippen LogP contribution in [0.25, 0.3) is 0 Å². The molecule has 0 saturated carbocycles. The summed E-state index contributed by atoms with van der Waals surface area (Å²) in [6, 6.07) is 0. The molecule has 0 bridgehead atoms. The van der Waals surface area contributed by atoms with Crippen molar-refractivity contribution in [3.8, 4) is 0 Å². The predicted molar refractivity (Wildman–Crippen MR) is 16.5 cm³/mol. The molecule has 0 nitrogen and oxygen atoms in total. The molecular weight excluding hydrogens is 511 g/mol. The molecule has 0 atom stereocenters. The van der Waals surface area contributed by atoms with Gasteiger partial charge in [-0.05, 0) is 0 Å². The molecule has 3 radical (unpaired) electrons. The Labute approximate surface area is 117 Å². The summed E-state index contributed by atoms with van der Waals surface area (Å²) in [4.78, 5) is 0. The van der Waals surface area contributed by atoms with Crippen LogP contribution in [-0.2, 0) is 69.6 Å². The van der Waals surface area contributed by atoms with Gasteiger partial charge in [0.1, 0.15) is 0 Å². The molecule has 5 heteroatoms. The monoisotopic (exact) mass is 515 g/mol. The first-order valence-corrected chi connectivity index (χ1v) is 0. The van der Waals surface area contributed by atoms with Gasteiger partial charge in [-0.1, -0.05) is 0 Å². The Kier molecular flexibility index (Phi) is 182. The molecule has 0 fully saturated rings. The maximum absolute atomic E-state index is 0. The molecule has 5 heavy (non-hydrogen) atoms. The fraction of sp³-hybridized carbons (Fsp3) is 0. The van der Waals surface area contributed by atoms with E-state index < -0.39 is 0 Å². The van der Waals surface area contributed by atoms with E-state index in [0.717, 1.165) is 0 Å². The third-order valence-corrected chi connectivity index (χ3v) is 0. The Balaban J connectivity index is 0. The summed E-state index contributed by atoms with van der Waals surface area (Å²) >= 11 is 0. The Hall–Kier alpha value is 3.88. The van der Waals surface area contributed by atoms with Gasteiger partial charge in [0.25, 0.3) is 0 Å². The quantitative estimate of drug-likeness (QED) is 0.361. The smallest absolute Gasteiger partial charge is 0 e. The molecule has 0 aromatic carbocycles. The van der Waals surface area contributed by atoms with Crippen LogP contribution in [-0.4, -0.2) is 47.0 Å². The summed E-state index contributed by atoms with van der Waals surface area (Å²) in [6.07, 6.45) is 0. The topological polar surface area (TPSA) is 0 Å². The minimum atomic E-state index is 0. The van der Waals surface area contributed by atoms with Gasteiger partial charge in [0, 0.05) is 69.6 Å². The van der Waals surface area contributed by atoms with Gasteiger partial charge in [-0.15, -0.1) is 0 Å². The molecule has 0 N–H and O–H groups in total. The van der Waals surface area contributed by atoms with Crippen LogP contribution in [0.2, 0.25) is 0 Å². The van der Waals surface area contributed by atoms with Crippen LogP contribution < -0.4 is 0 Å². The third-order valence-electron chi connectivity index (χ3n) is 0. The van der Waals surface area contributed by atoms with Crippen LogP contribution in [0.1, 0.15) is 2.85 Å². The van der Waals surface area contributed by atoms with Crippen molar-refractivity contribution in [2.24, 2.45) is 0 Å². The molecule has 0 spiro atoms. The van der Waals surface area contributed by atoms with Gasteiger partial charge < -0.3 is 2.85 Å². The van der Waals surface area contributed by atoms with E-state index in [9.17, 15) is 0 Å². The predicted octanol–water partition coefficient (Wildman–Crippen LogP) is -1.08. The summed E-state index contributed by atoms with van der Waals surface area (Å²) in [5, 5.41) is 0. The third kappa shape index (κ3) is 18.1. The number of hydrogen-bond donors (Lipinski definition) is 0. The summed E-state index contributed by atoms with van der Waals surface area (Å²) in [5.41, 5.74) is 0. The van der Waals surface area contributed by atoms with E-state index in [2.05, 4.69) is 0 Å². The zero-order valence-electron chi connectivity index (χ0n) is 4.77. The summed E-state index contributed by atoms with van der Waals surface area (Å²) in [6.45, 7) is 0. The summed E-state index contributed by atoms with van der Waals surface area (Å²) in [5.74, 6) is 0. The van der Waals surface area contributed by atoms with Gasteiger partial charge in [0.15, 0.2) is 0 Å². The van der Waals surface area contributed by atoms with E-state index in [1.807, 2.05) is 0 Å². The minimum absolute atomic E-state index is 0. The minimum Gasteiger partial charge on any atom is 0 e. The summed E-state index contributed by atoms with van der Waals surface area (Å²) in [7, 11) is 0. The Bertz CT molecular complexity index is 17.7. The van der Waals surface area contributed by atoms with E-state index in [0.29, 0.717) is 0 Å². The molecule has 0 heterocycles. The van der Waals surface area contributed by atoms with Crippen molar-refractivity contribution in [2.75, 3.05) is 0 Å². The average Bonchev–Trinajstić information content (AvgIpc) is 0. The van der Waals surface area contributed by atoms with E-state index in [1.165, 1.54) is 0 Å². The maximum Gasteiger partial charge on any atom is 0 e. The van der Waals surface area contributed by atoms with E-state index >= 15 is 0 Å². The molecule has 0 unspecified atom stereocenters. The molecule has 0 aromatic heterocycles. The Morgan fingerprint density at radius 3 is 1.20 bits per heavy atom. The van der Waals surface area contributed by atoms with Crippen LogP contribution in [0.5, 0.6) is 0 Å². The molecule has 0 rings (SSSR count). The van der Waals surface area contributed by atoms with Crippen LogP contribution in [0.3, 0.4) is 0 Å². The molecule has 0 aliphatic rings. The molecule has 0 aromatic rings. The molecule has 0 aliphatic heterocycles. The first-order chi connectivity index (χ1) is 0. The van der Waals surface area contributed by atoms with Gasteiger partial charge in [-0.2, -0.15) is 0 Å². The molecule has 25 valence electrons. The second-order valence-electron chi connectivity index (χ2n) is 0. The zero-order valence-corrected chi connectivity index (χ0v) is 15.8. The average molecular weight is 515 g/mol. The summed E-state index contributed by atoms with van der Waals surface area (Å²) < 4.78 is 0. The van der Waals surface area contributed by atoms with E-state index in [-0.39, 0.29) is 119 Å². The largest absolute Gasteiger partial charge is 0 e. The van der Waals surface area contributed by atoms with Gasteiger partial charge in [-0.3, -0.25) is 0 Å². The first-order valence-electron chi connectivity index (χ1n) is 0. The molecular formula is H4MgNbSnWZr. The van der Waals surface area contributed by atoms with Crippen molar-refractivity contribution >= 4 is 47.0 Å². The SMILES string of the molecule is [H-].[H-].[Mg+2].[Nb].[SnH2].[W].[Zr]. The van der Waals surface area contributed by atoms with Crippen molar-refractivity contribution in [3.05, 3.63) is 0 Å². The Morgan fingerprint density at radius 1 is 1.20 bits per heavy atom. The van der Waals surface area contributed by atoms with Crippen LogP contribution in [0.4, 0.5) is 0 Å². The number of hydrogen-bond acceptors (Lipinski definition) is 0. The van der Waals surface area contributed by atoms with Crippen LogP contribution in [0, 0.1) is 0 Å². The first kappa shape index (κ1) is 36.6. The Morgan fingerprint density at radius 2 is 1.20 bits per heavy atom. The maximum atomic E-state index is 0. The van der Waals surface area contributed by atoms with Crippen molar-refractivity contribution in [1.82, 2.24) is 0 Å². The van der Waals surface area contributed by atoms with Crippen molar-refractivity contribution in [3.63, 3.8) is 0 Å². The van der Waals surface area contributed by atoms with E-state index in [1.54, 1.807) is 0 Å². The van der Waals surface area contributed by atoms with Gasteiger partial charge in [0.05, 0.1) is 0 Å². The van der Waals surface area contributed by atoms with Crippen molar-refractivity contribution < 1.29 is 72.5 Å². The van der Waals surface area contributed by atoms with Gasteiger partial charge in [0.2, 0.25) is 0 Å². The second-order valence-corrected chi connectivity index (χ2v) is 0. The van der Waals surface area contributed by atoms with E-state index in [4.69, 9.17) is 0 Å². The number of rotatable bonds is 0. The molecule has 0 amide bonds. The van der Waals surface area contributed by atoms with Crippen molar-refractivity contribution in [2.45, 2.75) is 0 Å². The molecule has 0 aliphatic carbocycles. The zero-order chi connectivity index (χ0) is 0. The van der Waals surface area contributed by atoms with Crippen molar-refractivity contribution in [1.29, 1.82) is 0 Å². The van der Waals surface area contributed by atoms with Crippen LogP contribution in [0.15, 0.2) is 0 Å². The van der Waals surface area contributed by atoms with Gasteiger partial charge in [-0.25, -0.2) is 0 Å². The standard InChI is InChI=1S/Mg.Nb.Sn.W.Zr.4H/q+2;;;;;;;2*-1. The molecule has 0 saturated heterocycles. The fourth-order valence-electron chi connectivity index (χ4n) is 0. The van der Waals surface area contributed by atoms with Crippen LogP contribution >= 0.6 is 0 Å². The normalized spacial score (nSPS) is 0. The van der Waals surface area contributed by atoms with Gasteiger partial charge >= 0.3 is 47.0 Å². The fourth-order valence-corrected chi connectivity index (χ4v) is 0.